The van der Waals surface area contributed by atoms with Crippen LogP contribution in [-0.4, -0.2) is 64.7 Å². The fraction of sp³-hybridized carbons (Fsp3) is 0.214. The number of nitrogens with zero attached hydrogens (tertiary/aromatic N) is 5. The van der Waals surface area contributed by atoms with Crippen molar-refractivity contribution in [2.24, 2.45) is 0 Å². The van der Waals surface area contributed by atoms with Crippen LogP contribution in [-0.2, 0) is 4.79 Å². The van der Waals surface area contributed by atoms with Gasteiger partial charge in [-0.1, -0.05) is 6.58 Å². The Morgan fingerprint density at radius 2 is 1.88 bits per heavy atom. The number of alkyl halides is 3. The predicted molar refractivity (Wildman–Crippen MR) is 146 cm³/mol. The second kappa shape index (κ2) is 11.7. The number of halogens is 4. The highest BCUT2D eigenvalue weighted by atomic mass is 19.2. The lowest BCUT2D eigenvalue weighted by Crippen LogP contribution is -2.56. The van der Waals surface area contributed by atoms with Gasteiger partial charge in [0.2, 0.25) is 24.4 Å². The minimum Gasteiger partial charge on any atom is -0.337 e. The van der Waals surface area contributed by atoms with Crippen molar-refractivity contribution in [3.8, 4) is 11.1 Å². The summed E-state index contributed by atoms with van der Waals surface area (Å²) in [5, 5.41) is 6.20. The number of piperazine rings is 1. The van der Waals surface area contributed by atoms with Gasteiger partial charge in [-0.2, -0.15) is 0 Å². The zero-order chi connectivity index (χ0) is 28.2. The van der Waals surface area contributed by atoms with E-state index < -0.39 is 31.0 Å². The van der Waals surface area contributed by atoms with Gasteiger partial charge >= 0.3 is 0 Å². The highest BCUT2D eigenvalue weighted by molar-refractivity contribution is 5.99. The summed E-state index contributed by atoms with van der Waals surface area (Å²) < 4.78 is 56.8. The molecule has 2 aromatic carbocycles. The molecule has 8 nitrogen and oxygen atoms in total. The van der Waals surface area contributed by atoms with Crippen LogP contribution < -0.4 is 15.5 Å². The first-order chi connectivity index (χ1) is 19.4. The van der Waals surface area contributed by atoms with E-state index in [1.807, 2.05) is 0 Å². The molecule has 0 bridgehead atoms. The van der Waals surface area contributed by atoms with Gasteiger partial charge in [0.25, 0.3) is 0 Å². The van der Waals surface area contributed by atoms with Crippen molar-refractivity contribution in [3.63, 3.8) is 0 Å². The third-order valence-electron chi connectivity index (χ3n) is 6.52. The molecule has 2 atom stereocenters. The van der Waals surface area contributed by atoms with Crippen LogP contribution in [0.4, 0.5) is 40.7 Å². The average molecular weight is 552 g/mol. The molecule has 2 aromatic heterocycles. The van der Waals surface area contributed by atoms with E-state index >= 15 is 4.39 Å². The molecule has 0 spiro atoms. The van der Waals surface area contributed by atoms with E-state index in [1.54, 1.807) is 42.6 Å². The third-order valence-corrected chi connectivity index (χ3v) is 6.52. The number of carbonyl (C=O) groups is 1. The maximum absolute atomic E-state index is 15.1. The second-order valence-corrected chi connectivity index (χ2v) is 9.01. The summed E-state index contributed by atoms with van der Waals surface area (Å²) in [6.45, 7) is 2.94. The Labute approximate surface area is 227 Å². The highest BCUT2D eigenvalue weighted by Crippen LogP contribution is 2.32. The molecule has 40 heavy (non-hydrogen) atoms. The van der Waals surface area contributed by atoms with Crippen LogP contribution in [0.1, 0.15) is 0 Å². The molecule has 2 unspecified atom stereocenters. The predicted octanol–water partition coefficient (Wildman–Crippen LogP) is 5.38. The van der Waals surface area contributed by atoms with E-state index in [0.29, 0.717) is 27.8 Å². The fourth-order valence-corrected chi connectivity index (χ4v) is 4.53. The SMILES string of the molecule is C=CC(=O)Nc1cc(-c2c(F)ccc3cnc(Nc4ccc(N5CCN(CCF)C(F)C5F)cc4)nc23)ccn1. The van der Waals surface area contributed by atoms with Crippen LogP contribution >= 0.6 is 0 Å². The van der Waals surface area contributed by atoms with Crippen LogP contribution in [0.25, 0.3) is 22.0 Å². The van der Waals surface area contributed by atoms with Crippen molar-refractivity contribution >= 4 is 40.0 Å². The number of rotatable bonds is 8. The molecule has 0 aliphatic carbocycles. The Balaban J connectivity index is 1.39. The number of fused-ring (bicyclic) bond motifs is 1. The zero-order valence-electron chi connectivity index (χ0n) is 21.2. The molecule has 1 fully saturated rings. The summed E-state index contributed by atoms with van der Waals surface area (Å²) in [6, 6.07) is 12.6. The van der Waals surface area contributed by atoms with Crippen molar-refractivity contribution in [2.75, 3.05) is 41.8 Å². The highest BCUT2D eigenvalue weighted by Gasteiger charge is 2.36. The molecular weight excluding hydrogens is 526 g/mol. The van der Waals surface area contributed by atoms with E-state index in [0.717, 1.165) is 11.0 Å². The second-order valence-electron chi connectivity index (χ2n) is 9.01. The van der Waals surface area contributed by atoms with Gasteiger partial charge in [0.15, 0.2) is 0 Å². The number of anilines is 4. The molecule has 12 heteroatoms. The lowest BCUT2D eigenvalue weighted by molar-refractivity contribution is -0.111. The van der Waals surface area contributed by atoms with E-state index in [2.05, 4.69) is 32.2 Å². The van der Waals surface area contributed by atoms with Crippen LogP contribution in [0.15, 0.2) is 73.6 Å². The van der Waals surface area contributed by atoms with Crippen LogP contribution in [0.2, 0.25) is 0 Å². The third kappa shape index (κ3) is 5.57. The Bertz CT molecular complexity index is 1540. The first-order valence-electron chi connectivity index (χ1n) is 12.4. The van der Waals surface area contributed by atoms with Crippen LogP contribution in [0.3, 0.4) is 0 Å². The molecule has 1 amide bonds. The lowest BCUT2D eigenvalue weighted by atomic mass is 10.0. The first-order valence-corrected chi connectivity index (χ1v) is 12.4. The average Bonchev–Trinajstić information content (AvgIpc) is 2.96. The number of hydrogen-bond donors (Lipinski definition) is 2. The molecule has 1 saturated heterocycles. The van der Waals surface area contributed by atoms with Crippen molar-refractivity contribution in [2.45, 2.75) is 12.6 Å². The summed E-state index contributed by atoms with van der Waals surface area (Å²) in [5.41, 5.74) is 2.03. The first kappa shape index (κ1) is 27.0. The quantitative estimate of drug-likeness (QED) is 0.173. The van der Waals surface area contributed by atoms with Crippen molar-refractivity contribution in [1.29, 1.82) is 0 Å². The number of pyridine rings is 1. The number of amides is 1. The number of hydrogen-bond acceptors (Lipinski definition) is 7. The van der Waals surface area contributed by atoms with Crippen molar-refractivity contribution in [3.05, 3.63) is 79.4 Å². The molecule has 1 aliphatic heterocycles. The molecule has 206 valence electrons. The minimum atomic E-state index is -1.92. The van der Waals surface area contributed by atoms with Gasteiger partial charge in [-0.15, -0.1) is 0 Å². The molecule has 0 radical (unpaired) electrons. The van der Waals surface area contributed by atoms with Crippen LogP contribution in [0.5, 0.6) is 0 Å². The summed E-state index contributed by atoms with van der Waals surface area (Å²) in [6.07, 6.45) is 0.262. The number of carbonyl (C=O) groups excluding carboxylic acids is 1. The fourth-order valence-electron chi connectivity index (χ4n) is 4.53. The lowest BCUT2D eigenvalue weighted by Gasteiger charge is -2.40. The Morgan fingerprint density at radius 1 is 1.07 bits per heavy atom. The summed E-state index contributed by atoms with van der Waals surface area (Å²) in [4.78, 5) is 27.1. The topological polar surface area (TPSA) is 86.3 Å². The van der Waals surface area contributed by atoms with E-state index in [1.165, 1.54) is 23.2 Å². The summed E-state index contributed by atoms with van der Waals surface area (Å²) >= 11 is 0. The zero-order valence-corrected chi connectivity index (χ0v) is 21.2. The number of nitrogens with one attached hydrogen (secondary N) is 2. The maximum Gasteiger partial charge on any atom is 0.248 e. The Kier molecular flexibility index (Phi) is 7.87. The monoisotopic (exact) mass is 551 g/mol. The number of aromatic nitrogens is 3. The van der Waals surface area contributed by atoms with Gasteiger partial charge < -0.3 is 15.5 Å². The molecule has 1 aliphatic rings. The summed E-state index contributed by atoms with van der Waals surface area (Å²) in [7, 11) is 0. The van der Waals surface area contributed by atoms with Gasteiger partial charge in [-0.25, -0.2) is 32.5 Å². The van der Waals surface area contributed by atoms with Gasteiger partial charge in [0.05, 0.1) is 5.52 Å². The molecular formula is C28H25F4N7O. The van der Waals surface area contributed by atoms with Gasteiger partial charge in [-0.3, -0.25) is 9.69 Å². The van der Waals surface area contributed by atoms with Crippen LogP contribution in [0, 0.1) is 5.82 Å². The minimum absolute atomic E-state index is 0.149. The standard InChI is InChI=1S/C28H25F4N7O/c1-2-23(40)36-22-15-17(9-11-33-22)24-21(30)8-3-18-16-34-28(37-25(18)24)35-19-4-6-20(7-5-19)39-14-13-38(12-10-29)26(31)27(39)32/h2-9,11,15-16,26-27H,1,10,12-14H2,(H,33,36,40)(H,34,35,37). The normalized spacial score (nSPS) is 17.6. The number of benzene rings is 2. The van der Waals surface area contributed by atoms with E-state index in [9.17, 15) is 18.0 Å². The van der Waals surface area contributed by atoms with Crippen molar-refractivity contribution < 1.29 is 22.4 Å². The molecule has 4 aromatic rings. The van der Waals surface area contributed by atoms with Gasteiger partial charge in [0.1, 0.15) is 18.3 Å². The maximum atomic E-state index is 15.1. The van der Waals surface area contributed by atoms with E-state index in [-0.39, 0.29) is 37.0 Å². The Hall–Kier alpha value is -4.58. The largest absolute Gasteiger partial charge is 0.337 e. The molecule has 3 heterocycles. The van der Waals surface area contributed by atoms with Gasteiger partial charge in [-0.05, 0) is 60.2 Å². The van der Waals surface area contributed by atoms with E-state index in [4.69, 9.17) is 0 Å². The summed E-state index contributed by atoms with van der Waals surface area (Å²) in [5.74, 6) is -0.557. The molecule has 0 saturated carbocycles. The van der Waals surface area contributed by atoms with Gasteiger partial charge in [0, 0.05) is 54.4 Å². The molecule has 5 rings (SSSR count). The molecule has 2 N–H and O–H groups in total. The Morgan fingerprint density at radius 3 is 2.62 bits per heavy atom. The van der Waals surface area contributed by atoms with Crippen molar-refractivity contribution in [1.82, 2.24) is 19.9 Å². The smallest absolute Gasteiger partial charge is 0.248 e.